The van der Waals surface area contributed by atoms with Crippen LogP contribution in [0.5, 0.6) is 11.5 Å². The van der Waals surface area contributed by atoms with Crippen molar-refractivity contribution in [2.75, 3.05) is 11.4 Å². The van der Waals surface area contributed by atoms with Crippen LogP contribution >= 0.6 is 0 Å². The van der Waals surface area contributed by atoms with Gasteiger partial charge in [-0.15, -0.1) is 0 Å². The molecule has 0 spiro atoms. The summed E-state index contributed by atoms with van der Waals surface area (Å²) in [5.41, 5.74) is 6.52. The quantitative estimate of drug-likeness (QED) is 0.313. The first-order chi connectivity index (χ1) is 8.81. The summed E-state index contributed by atoms with van der Waals surface area (Å²) in [5, 5.41) is 29.3. The van der Waals surface area contributed by atoms with Crippen molar-refractivity contribution in [3.63, 3.8) is 0 Å². The molecule has 0 saturated heterocycles. The summed E-state index contributed by atoms with van der Waals surface area (Å²) in [7, 11) is 0. The van der Waals surface area contributed by atoms with Gasteiger partial charge in [-0.2, -0.15) is 0 Å². The average Bonchev–Trinajstić information content (AvgIpc) is 2.31. The molecule has 0 heterocycles. The van der Waals surface area contributed by atoms with Gasteiger partial charge >= 0.3 is 6.03 Å². The lowest BCUT2D eigenvalue weighted by Gasteiger charge is -2.25. The number of aryl methyl sites for hydroxylation is 1. The van der Waals surface area contributed by atoms with Gasteiger partial charge in [-0.3, -0.25) is 5.41 Å². The zero-order valence-corrected chi connectivity index (χ0v) is 11.1. The van der Waals surface area contributed by atoms with E-state index in [1.807, 2.05) is 0 Å². The number of hydrogen-bond donors (Lipinski definition) is 5. The van der Waals surface area contributed by atoms with Gasteiger partial charge in [0.05, 0.1) is 5.69 Å². The van der Waals surface area contributed by atoms with Gasteiger partial charge in [-0.05, 0) is 32.4 Å². The highest BCUT2D eigenvalue weighted by Crippen LogP contribution is 2.38. The molecule has 104 valence electrons. The molecule has 19 heavy (non-hydrogen) atoms. The van der Waals surface area contributed by atoms with Crippen molar-refractivity contribution in [2.45, 2.75) is 20.8 Å². The lowest BCUT2D eigenvalue weighted by atomic mass is 10.1. The molecule has 0 saturated carbocycles. The monoisotopic (exact) mass is 266 g/mol. The van der Waals surface area contributed by atoms with E-state index >= 15 is 0 Å². The second kappa shape index (κ2) is 5.47. The van der Waals surface area contributed by atoms with Crippen molar-refractivity contribution >= 4 is 17.7 Å². The molecule has 7 nitrogen and oxygen atoms in total. The highest BCUT2D eigenvalue weighted by atomic mass is 16.3. The smallest absolute Gasteiger partial charge is 0.328 e. The number of phenols is 2. The molecule has 0 fully saturated rings. The molecule has 0 aliphatic rings. The topological polar surface area (TPSA) is 123 Å². The van der Waals surface area contributed by atoms with Crippen molar-refractivity contribution < 1.29 is 15.0 Å². The Morgan fingerprint density at radius 2 is 2.05 bits per heavy atom. The van der Waals surface area contributed by atoms with Gasteiger partial charge < -0.3 is 21.3 Å². The number of anilines is 1. The molecule has 7 heteroatoms. The predicted molar refractivity (Wildman–Crippen MR) is 72.7 cm³/mol. The van der Waals surface area contributed by atoms with Crippen LogP contribution in [0.15, 0.2) is 6.07 Å². The van der Waals surface area contributed by atoms with E-state index in [9.17, 15) is 15.0 Å². The maximum Gasteiger partial charge on any atom is 0.328 e. The SMILES string of the molecule is CCNC(=O)N(C(=N)N)c1c(C)cc(O)c(O)c1C. The number of carbonyl (C=O) groups excluding carboxylic acids is 1. The number of nitrogens with one attached hydrogen (secondary N) is 2. The Balaban J connectivity index is 3.44. The summed E-state index contributed by atoms with van der Waals surface area (Å²) in [5.74, 6) is -1.09. The standard InChI is InChI=1S/C12H18N4O3/c1-4-15-12(19)16(11(13)14)9-6(2)5-8(17)10(18)7(9)3/h5,17-18H,4H2,1-3H3,(H3,13,14)(H,15,19). The zero-order valence-electron chi connectivity index (χ0n) is 11.1. The molecule has 1 aromatic carbocycles. The van der Waals surface area contributed by atoms with Crippen LogP contribution in [0.25, 0.3) is 0 Å². The normalized spacial score (nSPS) is 10.1. The summed E-state index contributed by atoms with van der Waals surface area (Å²) in [4.78, 5) is 12.9. The third kappa shape index (κ3) is 2.70. The largest absolute Gasteiger partial charge is 0.504 e. The molecule has 0 radical (unpaired) electrons. The van der Waals surface area contributed by atoms with Crippen molar-refractivity contribution in [3.05, 3.63) is 17.2 Å². The number of guanidine groups is 1. The summed E-state index contributed by atoms with van der Waals surface area (Å²) in [6, 6.07) is 0.749. The number of benzene rings is 1. The Morgan fingerprint density at radius 3 is 2.53 bits per heavy atom. The van der Waals surface area contributed by atoms with Gasteiger partial charge in [0.15, 0.2) is 11.5 Å². The molecular formula is C12H18N4O3. The summed E-state index contributed by atoms with van der Waals surface area (Å²) in [6.45, 7) is 5.30. The Morgan fingerprint density at radius 1 is 1.47 bits per heavy atom. The average molecular weight is 266 g/mol. The minimum atomic E-state index is -0.564. The predicted octanol–water partition coefficient (Wildman–Crippen LogP) is 1.14. The second-order valence-corrected chi connectivity index (χ2v) is 4.09. The third-order valence-electron chi connectivity index (χ3n) is 2.68. The lowest BCUT2D eigenvalue weighted by Crippen LogP contribution is -2.47. The van der Waals surface area contributed by atoms with Gasteiger partial charge in [0.2, 0.25) is 5.96 Å². The number of amides is 2. The Bertz CT molecular complexity index is 528. The number of hydrogen-bond acceptors (Lipinski definition) is 4. The van der Waals surface area contributed by atoms with E-state index in [-0.39, 0.29) is 22.7 Å². The second-order valence-electron chi connectivity index (χ2n) is 4.09. The van der Waals surface area contributed by atoms with Crippen LogP contribution in [-0.2, 0) is 0 Å². The Kier molecular flexibility index (Phi) is 4.21. The third-order valence-corrected chi connectivity index (χ3v) is 2.68. The fraction of sp³-hybridized carbons (Fsp3) is 0.333. The van der Waals surface area contributed by atoms with Crippen LogP contribution in [-0.4, -0.2) is 28.7 Å². The van der Waals surface area contributed by atoms with Crippen LogP contribution in [0, 0.1) is 19.3 Å². The molecule has 0 aliphatic heterocycles. The Labute approximate surface area is 111 Å². The van der Waals surface area contributed by atoms with Gasteiger partial charge in [-0.1, -0.05) is 0 Å². The van der Waals surface area contributed by atoms with Gasteiger partial charge in [0.1, 0.15) is 0 Å². The summed E-state index contributed by atoms with van der Waals surface area (Å²) < 4.78 is 0. The molecule has 2 amide bonds. The van der Waals surface area contributed by atoms with Gasteiger partial charge in [-0.25, -0.2) is 9.69 Å². The highest BCUT2D eigenvalue weighted by molar-refractivity contribution is 6.15. The molecule has 6 N–H and O–H groups in total. The summed E-state index contributed by atoms with van der Waals surface area (Å²) >= 11 is 0. The van der Waals surface area contributed by atoms with E-state index in [1.54, 1.807) is 13.8 Å². The zero-order chi connectivity index (χ0) is 14.7. The van der Waals surface area contributed by atoms with Gasteiger partial charge in [0, 0.05) is 12.1 Å². The Hall–Kier alpha value is -2.44. The fourth-order valence-corrected chi connectivity index (χ4v) is 1.85. The molecule has 0 aliphatic carbocycles. The van der Waals surface area contributed by atoms with Crippen molar-refractivity contribution in [1.82, 2.24) is 5.32 Å². The van der Waals surface area contributed by atoms with E-state index in [0.717, 1.165) is 4.90 Å². The van der Waals surface area contributed by atoms with Crippen LogP contribution < -0.4 is 16.0 Å². The fourth-order valence-electron chi connectivity index (χ4n) is 1.85. The molecule has 0 bridgehead atoms. The number of carbonyl (C=O) groups is 1. The molecule has 0 unspecified atom stereocenters. The van der Waals surface area contributed by atoms with E-state index in [4.69, 9.17) is 11.1 Å². The maximum atomic E-state index is 11.9. The number of rotatable bonds is 2. The first kappa shape index (κ1) is 14.6. The molecule has 1 aromatic rings. The number of urea groups is 1. The van der Waals surface area contributed by atoms with Gasteiger partial charge in [0.25, 0.3) is 0 Å². The first-order valence-electron chi connectivity index (χ1n) is 5.75. The summed E-state index contributed by atoms with van der Waals surface area (Å²) in [6.07, 6.45) is 0. The number of nitrogens with zero attached hydrogens (tertiary/aromatic N) is 1. The minimum Gasteiger partial charge on any atom is -0.504 e. The van der Waals surface area contributed by atoms with Crippen LogP contribution in [0.1, 0.15) is 18.1 Å². The molecule has 0 atom stereocenters. The van der Waals surface area contributed by atoms with Crippen molar-refractivity contribution in [1.29, 1.82) is 5.41 Å². The van der Waals surface area contributed by atoms with E-state index in [2.05, 4.69) is 5.32 Å². The number of aromatic hydroxyl groups is 2. The van der Waals surface area contributed by atoms with E-state index in [0.29, 0.717) is 12.1 Å². The van der Waals surface area contributed by atoms with E-state index in [1.165, 1.54) is 13.0 Å². The molecule has 0 aromatic heterocycles. The maximum absolute atomic E-state index is 11.9. The minimum absolute atomic E-state index is 0.277. The molecular weight excluding hydrogens is 248 g/mol. The number of phenolic OH excluding ortho intramolecular Hbond substituents is 2. The number of nitrogens with two attached hydrogens (primary N) is 1. The highest BCUT2D eigenvalue weighted by Gasteiger charge is 2.24. The molecule has 1 rings (SSSR count). The van der Waals surface area contributed by atoms with Crippen molar-refractivity contribution in [2.24, 2.45) is 5.73 Å². The first-order valence-corrected chi connectivity index (χ1v) is 5.75. The van der Waals surface area contributed by atoms with E-state index < -0.39 is 12.0 Å². The van der Waals surface area contributed by atoms with Crippen LogP contribution in [0.3, 0.4) is 0 Å². The van der Waals surface area contributed by atoms with Crippen molar-refractivity contribution in [3.8, 4) is 11.5 Å². The lowest BCUT2D eigenvalue weighted by molar-refractivity contribution is 0.249. The van der Waals surface area contributed by atoms with Crippen LogP contribution in [0.4, 0.5) is 10.5 Å². The van der Waals surface area contributed by atoms with Crippen LogP contribution in [0.2, 0.25) is 0 Å².